The molecule has 0 N–H and O–H groups in total. The molecule has 2 aliphatic rings. The van der Waals surface area contributed by atoms with Gasteiger partial charge in [-0.05, 0) is 59.6 Å². The number of allylic oxidation sites excluding steroid dienone is 1. The largest absolute Gasteiger partial charge is 0.444 e. The van der Waals surface area contributed by atoms with E-state index in [4.69, 9.17) is 9.47 Å². The third kappa shape index (κ3) is 4.95. The maximum absolute atomic E-state index is 14.5. The summed E-state index contributed by atoms with van der Waals surface area (Å²) in [6.07, 6.45) is 1.65. The number of halogens is 1. The molecule has 3 rings (SSSR count). The highest BCUT2D eigenvalue weighted by atomic mass is 19.1. The molecule has 2 heterocycles. The van der Waals surface area contributed by atoms with E-state index < -0.39 is 41.6 Å². The van der Waals surface area contributed by atoms with E-state index in [9.17, 15) is 18.8 Å². The Hall–Kier alpha value is -2.74. The Balaban J connectivity index is 1.60. The van der Waals surface area contributed by atoms with E-state index in [-0.39, 0.29) is 6.04 Å². The van der Waals surface area contributed by atoms with Gasteiger partial charge in [-0.3, -0.25) is 19.4 Å². The van der Waals surface area contributed by atoms with Gasteiger partial charge in [0, 0.05) is 0 Å². The molecule has 1 fully saturated rings. The number of hydrogen-bond acceptors (Lipinski definition) is 5. The predicted molar refractivity (Wildman–Crippen MR) is 112 cm³/mol. The number of carbonyl (C=O) groups excluding carboxylic acids is 3. The smallest absolute Gasteiger partial charge is 0.412 e. The van der Waals surface area contributed by atoms with Crippen molar-refractivity contribution in [1.29, 1.82) is 0 Å². The summed E-state index contributed by atoms with van der Waals surface area (Å²) >= 11 is 0. The summed E-state index contributed by atoms with van der Waals surface area (Å²) in [5, 5.41) is 0. The lowest BCUT2D eigenvalue weighted by Crippen LogP contribution is -2.49. The molecule has 0 bridgehead atoms. The second kappa shape index (κ2) is 8.42. The van der Waals surface area contributed by atoms with Crippen LogP contribution < -0.4 is 0 Å². The summed E-state index contributed by atoms with van der Waals surface area (Å²) in [7, 11) is 0. The molecule has 0 radical (unpaired) electrons. The fourth-order valence-corrected chi connectivity index (χ4v) is 3.81. The zero-order valence-electron chi connectivity index (χ0n) is 18.6. The molecule has 1 aromatic rings. The molecular weight excluding hydrogens is 403 g/mol. The lowest BCUT2D eigenvalue weighted by molar-refractivity contribution is -0.0626. The van der Waals surface area contributed by atoms with Crippen molar-refractivity contribution in [3.05, 3.63) is 47.3 Å². The fourth-order valence-electron chi connectivity index (χ4n) is 3.81. The fraction of sp³-hybridized carbons (Fsp3) is 0.522. The average molecular weight is 432 g/mol. The van der Waals surface area contributed by atoms with Crippen LogP contribution in [-0.2, 0) is 9.47 Å². The van der Waals surface area contributed by atoms with E-state index in [1.807, 2.05) is 0 Å². The number of amides is 3. The zero-order valence-corrected chi connectivity index (χ0v) is 18.6. The Bertz CT molecular complexity index is 884. The minimum Gasteiger partial charge on any atom is -0.444 e. The van der Waals surface area contributed by atoms with E-state index in [1.54, 1.807) is 63.8 Å². The maximum Gasteiger partial charge on any atom is 0.412 e. The number of nitrogens with zero attached hydrogens (tertiary/aromatic N) is 2. The number of imide groups is 1. The lowest BCUT2D eigenvalue weighted by atomic mass is 10.1. The molecule has 0 aromatic heterocycles. The molecule has 8 heteroatoms. The van der Waals surface area contributed by atoms with Crippen molar-refractivity contribution < 1.29 is 28.2 Å². The quantitative estimate of drug-likeness (QED) is 0.649. The van der Waals surface area contributed by atoms with Gasteiger partial charge in [-0.1, -0.05) is 18.2 Å². The van der Waals surface area contributed by atoms with E-state index in [1.165, 1.54) is 6.08 Å². The van der Waals surface area contributed by atoms with Crippen LogP contribution >= 0.6 is 0 Å². The first-order valence-electron chi connectivity index (χ1n) is 10.4. The molecule has 3 amide bonds. The number of ether oxygens (including phenoxy) is 2. The molecule has 1 saturated heterocycles. The number of hydrogen-bond donors (Lipinski definition) is 0. The molecule has 0 spiro atoms. The van der Waals surface area contributed by atoms with Gasteiger partial charge in [0.2, 0.25) is 0 Å². The van der Waals surface area contributed by atoms with Crippen molar-refractivity contribution in [2.24, 2.45) is 0 Å². The minimum atomic E-state index is -0.824. The first-order chi connectivity index (χ1) is 14.4. The van der Waals surface area contributed by atoms with Gasteiger partial charge in [0.15, 0.2) is 0 Å². The van der Waals surface area contributed by atoms with Crippen LogP contribution in [0.25, 0.3) is 0 Å². The molecule has 2 aliphatic heterocycles. The van der Waals surface area contributed by atoms with E-state index in [0.29, 0.717) is 30.6 Å². The van der Waals surface area contributed by atoms with Gasteiger partial charge in [0.1, 0.15) is 17.2 Å². The van der Waals surface area contributed by atoms with E-state index >= 15 is 0 Å². The molecule has 31 heavy (non-hydrogen) atoms. The van der Waals surface area contributed by atoms with Crippen LogP contribution in [-0.4, -0.2) is 58.2 Å². The monoisotopic (exact) mass is 432 g/mol. The van der Waals surface area contributed by atoms with E-state index in [2.05, 4.69) is 0 Å². The summed E-state index contributed by atoms with van der Waals surface area (Å²) in [6.45, 7) is 8.86. The lowest BCUT2D eigenvalue weighted by Gasteiger charge is -2.35. The Morgan fingerprint density at radius 1 is 1.23 bits per heavy atom. The molecular formula is C23H29FN2O5. The highest BCUT2D eigenvalue weighted by Crippen LogP contribution is 2.31. The summed E-state index contributed by atoms with van der Waals surface area (Å²) in [5.74, 6) is -1.56. The molecule has 1 atom stereocenters. The van der Waals surface area contributed by atoms with Gasteiger partial charge in [-0.15, -0.1) is 0 Å². The first kappa shape index (κ1) is 22.9. The Morgan fingerprint density at radius 2 is 1.81 bits per heavy atom. The highest BCUT2D eigenvalue weighted by Gasteiger charge is 2.45. The van der Waals surface area contributed by atoms with Gasteiger partial charge < -0.3 is 9.47 Å². The van der Waals surface area contributed by atoms with Crippen LogP contribution in [0.2, 0.25) is 0 Å². The highest BCUT2D eigenvalue weighted by molar-refractivity contribution is 6.21. The van der Waals surface area contributed by atoms with Crippen molar-refractivity contribution in [2.45, 2.75) is 64.8 Å². The summed E-state index contributed by atoms with van der Waals surface area (Å²) in [4.78, 5) is 39.8. The van der Waals surface area contributed by atoms with Crippen LogP contribution in [0, 0.1) is 0 Å². The summed E-state index contributed by atoms with van der Waals surface area (Å²) < 4.78 is 25.7. The van der Waals surface area contributed by atoms with Crippen molar-refractivity contribution in [2.75, 3.05) is 13.2 Å². The molecule has 7 nitrogen and oxygen atoms in total. The maximum atomic E-state index is 14.5. The minimum absolute atomic E-state index is 0.270. The second-order valence-electron chi connectivity index (χ2n) is 9.23. The second-order valence-corrected chi connectivity index (χ2v) is 9.23. The Labute approximate surface area is 181 Å². The van der Waals surface area contributed by atoms with Gasteiger partial charge >= 0.3 is 6.09 Å². The first-order valence-corrected chi connectivity index (χ1v) is 10.4. The number of rotatable bonds is 5. The number of benzene rings is 1. The SMILES string of the molecule is CC(C)(C)OC(=O)N1[C@@H](CCC=C(F)CN2C(=O)c3ccccc3C2=O)COC1(C)C. The van der Waals surface area contributed by atoms with Gasteiger partial charge in [-0.25, -0.2) is 9.18 Å². The normalized spacial score (nSPS) is 21.0. The van der Waals surface area contributed by atoms with Gasteiger partial charge in [-0.2, -0.15) is 0 Å². The predicted octanol–water partition coefficient (Wildman–Crippen LogP) is 4.29. The number of fused-ring (bicyclic) bond motifs is 1. The summed E-state index contributed by atoms with van der Waals surface area (Å²) in [5.41, 5.74) is -0.883. The zero-order chi connectivity index (χ0) is 23.0. The van der Waals surface area contributed by atoms with Crippen LogP contribution in [0.3, 0.4) is 0 Å². The van der Waals surface area contributed by atoms with Gasteiger partial charge in [0.25, 0.3) is 11.8 Å². The Morgan fingerprint density at radius 3 is 2.35 bits per heavy atom. The average Bonchev–Trinajstić information content (AvgIpc) is 3.09. The molecule has 0 unspecified atom stereocenters. The van der Waals surface area contributed by atoms with Gasteiger partial charge in [0.05, 0.1) is 30.3 Å². The van der Waals surface area contributed by atoms with Crippen LogP contribution in [0.4, 0.5) is 9.18 Å². The van der Waals surface area contributed by atoms with Crippen LogP contribution in [0.5, 0.6) is 0 Å². The van der Waals surface area contributed by atoms with Crippen LogP contribution in [0.1, 0.15) is 68.2 Å². The summed E-state index contributed by atoms with van der Waals surface area (Å²) in [6, 6.07) is 6.19. The Kier molecular flexibility index (Phi) is 6.23. The number of carbonyl (C=O) groups is 3. The van der Waals surface area contributed by atoms with Crippen molar-refractivity contribution in [1.82, 2.24) is 9.80 Å². The van der Waals surface area contributed by atoms with Crippen molar-refractivity contribution in [3.8, 4) is 0 Å². The van der Waals surface area contributed by atoms with E-state index in [0.717, 1.165) is 4.90 Å². The third-order valence-corrected chi connectivity index (χ3v) is 5.22. The molecule has 0 aliphatic carbocycles. The third-order valence-electron chi connectivity index (χ3n) is 5.22. The van der Waals surface area contributed by atoms with Crippen molar-refractivity contribution in [3.63, 3.8) is 0 Å². The standard InChI is InChI=1S/C23H29FN2O5/c1-22(2,3)31-21(29)26-16(14-30-23(26,4)5)10-8-9-15(24)13-25-19(27)17-11-6-7-12-18(17)20(25)28/h6-7,9,11-12,16H,8,10,13-14H2,1-5H3/t16-/m0/s1. The van der Waals surface area contributed by atoms with Crippen LogP contribution in [0.15, 0.2) is 36.2 Å². The van der Waals surface area contributed by atoms with Crippen molar-refractivity contribution >= 4 is 17.9 Å². The molecule has 0 saturated carbocycles. The molecule has 168 valence electrons. The molecule has 1 aromatic carbocycles. The topological polar surface area (TPSA) is 76.2 Å².